The van der Waals surface area contributed by atoms with Crippen LogP contribution in [0.3, 0.4) is 0 Å². The van der Waals surface area contributed by atoms with Gasteiger partial charge in [-0.05, 0) is 24.3 Å². The topological polar surface area (TPSA) is 0 Å². The predicted molar refractivity (Wildman–Crippen MR) is 93.8 cm³/mol. The van der Waals surface area contributed by atoms with Gasteiger partial charge in [-0.25, -0.2) is 0 Å². The van der Waals surface area contributed by atoms with Crippen molar-refractivity contribution in [2.75, 3.05) is 0 Å². The van der Waals surface area contributed by atoms with Gasteiger partial charge in [-0.15, -0.1) is 0 Å². The van der Waals surface area contributed by atoms with Gasteiger partial charge in [0.1, 0.15) is 0 Å². The molecule has 0 spiro atoms. The second-order valence-corrected chi connectivity index (χ2v) is 7.68. The molecule has 2 aromatic carbocycles. The third kappa shape index (κ3) is 6.44. The normalized spacial score (nSPS) is 14.2. The zero-order valence-corrected chi connectivity index (χ0v) is 17.7. The van der Waals surface area contributed by atoms with Gasteiger partial charge in [0.05, 0.1) is 33.4 Å². The van der Waals surface area contributed by atoms with Gasteiger partial charge < -0.3 is 0 Å². The highest BCUT2D eigenvalue weighted by Gasteiger charge is 2.51. The summed E-state index contributed by atoms with van der Waals surface area (Å²) >= 11 is 0. The molecular weight excluding hydrogens is 581 g/mol. The Bertz CT molecular complexity index is 1020. The van der Waals surface area contributed by atoms with Crippen molar-refractivity contribution in [2.45, 2.75) is 43.9 Å². The summed E-state index contributed by atoms with van der Waals surface area (Å²) in [4.78, 5) is 0. The first kappa shape index (κ1) is 31.5. The summed E-state index contributed by atoms with van der Waals surface area (Å²) in [6, 6.07) is -3.81. The lowest BCUT2D eigenvalue weighted by atomic mass is 9.39. The average molecular weight is 588 g/mol. The fraction of sp³-hybridized carbons (Fsp3) is 0.368. The standard InChI is InChI=1S/C19H7BF18/c1-20(12-8(16(27,28)29)2-6(14(21,22)23)3-9(12)17(30,31)32)13-10(18(33,34)35)4-7(15(24,25)26)5-11(13)19(36,37)38/h2-5H,1H3. The summed E-state index contributed by atoms with van der Waals surface area (Å²) in [7, 11) is 0. The molecule has 19 heteroatoms. The summed E-state index contributed by atoms with van der Waals surface area (Å²) in [5.74, 6) is 0. The van der Waals surface area contributed by atoms with Gasteiger partial charge in [-0.1, -0.05) is 17.7 Å². The van der Waals surface area contributed by atoms with Crippen molar-refractivity contribution in [1.82, 2.24) is 0 Å². The number of rotatable bonds is 2. The average Bonchev–Trinajstić information content (AvgIpc) is 2.67. The predicted octanol–water partition coefficient (Wildman–Crippen LogP) is 8.04. The Balaban J connectivity index is 3.22. The highest BCUT2D eigenvalue weighted by atomic mass is 19.4. The van der Waals surface area contributed by atoms with E-state index in [1.54, 1.807) is 0 Å². The van der Waals surface area contributed by atoms with Gasteiger partial charge in [0.15, 0.2) is 0 Å². The van der Waals surface area contributed by atoms with E-state index in [2.05, 4.69) is 0 Å². The number of hydrogen-bond donors (Lipinski definition) is 0. The van der Waals surface area contributed by atoms with Crippen LogP contribution in [0, 0.1) is 0 Å². The first-order valence-corrected chi connectivity index (χ1v) is 9.37. The van der Waals surface area contributed by atoms with E-state index >= 15 is 0 Å². The molecule has 0 fully saturated rings. The zero-order valence-electron chi connectivity index (χ0n) is 17.7. The maximum Gasteiger partial charge on any atom is 0.416 e. The molecule has 0 atom stereocenters. The van der Waals surface area contributed by atoms with Crippen molar-refractivity contribution in [3.8, 4) is 0 Å². The Labute approximate surface area is 199 Å². The van der Waals surface area contributed by atoms with Crippen molar-refractivity contribution in [1.29, 1.82) is 0 Å². The van der Waals surface area contributed by atoms with Crippen LogP contribution in [0.15, 0.2) is 24.3 Å². The van der Waals surface area contributed by atoms with Crippen LogP contribution in [-0.4, -0.2) is 6.71 Å². The summed E-state index contributed by atoms with van der Waals surface area (Å²) in [6.45, 7) is -3.40. The number of hydrogen-bond acceptors (Lipinski definition) is 0. The third-order valence-corrected chi connectivity index (χ3v) is 5.10. The lowest BCUT2D eigenvalue weighted by Gasteiger charge is -2.28. The van der Waals surface area contributed by atoms with Crippen molar-refractivity contribution in [2.24, 2.45) is 0 Å². The fourth-order valence-electron chi connectivity index (χ4n) is 3.65. The Morgan fingerprint density at radius 2 is 0.553 bits per heavy atom. The first-order valence-electron chi connectivity index (χ1n) is 9.37. The van der Waals surface area contributed by atoms with Gasteiger partial charge >= 0.3 is 37.1 Å². The van der Waals surface area contributed by atoms with E-state index < -0.39 is 112 Å². The molecular formula is C19H7BF18. The van der Waals surface area contributed by atoms with Crippen LogP contribution in [0.1, 0.15) is 33.4 Å². The maximum atomic E-state index is 13.6. The number of alkyl halides is 18. The Hall–Kier alpha value is -2.76. The molecule has 2 aromatic rings. The molecule has 212 valence electrons. The quantitative estimate of drug-likeness (QED) is 0.246. The van der Waals surface area contributed by atoms with Gasteiger partial charge in [-0.2, -0.15) is 79.0 Å². The highest BCUT2D eigenvalue weighted by Crippen LogP contribution is 2.42. The van der Waals surface area contributed by atoms with Crippen molar-refractivity contribution < 1.29 is 79.0 Å². The van der Waals surface area contributed by atoms with E-state index in [1.807, 2.05) is 0 Å². The Morgan fingerprint density at radius 1 is 0.368 bits per heavy atom. The largest absolute Gasteiger partial charge is 0.416 e. The van der Waals surface area contributed by atoms with Crippen LogP contribution < -0.4 is 10.9 Å². The van der Waals surface area contributed by atoms with Crippen LogP contribution in [-0.2, 0) is 37.1 Å². The van der Waals surface area contributed by atoms with E-state index in [0.717, 1.165) is 0 Å². The molecule has 0 radical (unpaired) electrons. The van der Waals surface area contributed by atoms with E-state index in [9.17, 15) is 79.0 Å². The molecule has 0 aliphatic rings. The number of benzene rings is 2. The van der Waals surface area contributed by atoms with Gasteiger partial charge in [0.2, 0.25) is 6.71 Å². The molecule has 0 heterocycles. The van der Waals surface area contributed by atoms with E-state index in [-0.39, 0.29) is 6.82 Å². The molecule has 0 bridgehead atoms. The maximum absolute atomic E-state index is 13.6. The van der Waals surface area contributed by atoms with E-state index in [0.29, 0.717) is 0 Å². The van der Waals surface area contributed by atoms with Gasteiger partial charge in [0, 0.05) is 0 Å². The van der Waals surface area contributed by atoms with Crippen molar-refractivity contribution in [3.05, 3.63) is 57.6 Å². The molecule has 0 aliphatic carbocycles. The lowest BCUT2D eigenvalue weighted by molar-refractivity contribution is -0.149. The minimum atomic E-state index is -6.20. The first-order chi connectivity index (χ1) is 16.6. The fourth-order valence-corrected chi connectivity index (χ4v) is 3.65. The van der Waals surface area contributed by atoms with Crippen LogP contribution in [0.25, 0.3) is 0 Å². The monoisotopic (exact) mass is 588 g/mol. The van der Waals surface area contributed by atoms with Crippen molar-refractivity contribution >= 4 is 17.6 Å². The molecule has 2 rings (SSSR count). The lowest BCUT2D eigenvalue weighted by Crippen LogP contribution is -2.51. The molecule has 38 heavy (non-hydrogen) atoms. The summed E-state index contributed by atoms with van der Waals surface area (Å²) in [5, 5.41) is 0. The molecule has 0 unspecified atom stereocenters. The van der Waals surface area contributed by atoms with Gasteiger partial charge in [-0.3, -0.25) is 0 Å². The Kier molecular flexibility index (Phi) is 7.59. The second-order valence-electron chi connectivity index (χ2n) is 7.68. The molecule has 0 aliphatic heterocycles. The zero-order chi connectivity index (χ0) is 30.0. The molecule has 0 nitrogen and oxygen atoms in total. The highest BCUT2D eigenvalue weighted by molar-refractivity contribution is 6.85. The molecule has 0 N–H and O–H groups in total. The molecule has 0 saturated carbocycles. The Morgan fingerprint density at radius 3 is 0.684 bits per heavy atom. The summed E-state index contributed by atoms with van der Waals surface area (Å²) < 4.78 is 242. The minimum absolute atomic E-state index is 0.0693. The second kappa shape index (κ2) is 9.17. The number of halogens is 18. The summed E-state index contributed by atoms with van der Waals surface area (Å²) in [5.41, 5.74) is -21.7. The summed E-state index contributed by atoms with van der Waals surface area (Å²) in [6.07, 6.45) is -36.6. The van der Waals surface area contributed by atoms with E-state index in [1.165, 1.54) is 0 Å². The van der Waals surface area contributed by atoms with Crippen molar-refractivity contribution in [3.63, 3.8) is 0 Å². The smallest absolute Gasteiger partial charge is 0.166 e. The molecule has 0 aromatic heterocycles. The molecule has 0 saturated heterocycles. The van der Waals surface area contributed by atoms with Crippen LogP contribution >= 0.6 is 0 Å². The van der Waals surface area contributed by atoms with Crippen LogP contribution in [0.4, 0.5) is 79.0 Å². The van der Waals surface area contributed by atoms with Gasteiger partial charge in [0.25, 0.3) is 0 Å². The SMILES string of the molecule is CB(c1c(C(F)(F)F)cc(C(F)(F)F)cc1C(F)(F)F)c1c(C(F)(F)F)cc(C(F)(F)F)cc1C(F)(F)F. The third-order valence-electron chi connectivity index (χ3n) is 5.10. The molecule has 0 amide bonds. The minimum Gasteiger partial charge on any atom is -0.166 e. The van der Waals surface area contributed by atoms with E-state index in [4.69, 9.17) is 0 Å². The van der Waals surface area contributed by atoms with Crippen LogP contribution in [0.2, 0.25) is 6.82 Å². The van der Waals surface area contributed by atoms with Crippen LogP contribution in [0.5, 0.6) is 0 Å².